The molecule has 68 valence electrons. The van der Waals surface area contributed by atoms with Gasteiger partial charge < -0.3 is 10.4 Å². The van der Waals surface area contributed by atoms with Gasteiger partial charge in [-0.25, -0.2) is 0 Å². The number of carboxylic acids is 1. The summed E-state index contributed by atoms with van der Waals surface area (Å²) in [5.74, 6) is -0.714. The maximum atomic E-state index is 10.1. The molecule has 4 heteroatoms. The average Bonchev–Trinajstić information content (AvgIpc) is 1.90. The molecule has 0 amide bonds. The second-order valence-corrected chi connectivity index (χ2v) is 2.33. The van der Waals surface area contributed by atoms with E-state index in [4.69, 9.17) is 5.11 Å². The van der Waals surface area contributed by atoms with Crippen molar-refractivity contribution < 1.29 is 9.90 Å². The minimum absolute atomic E-state index is 0. The molecule has 0 aromatic heterocycles. The van der Waals surface area contributed by atoms with Gasteiger partial charge in [0.25, 0.3) is 0 Å². The lowest BCUT2D eigenvalue weighted by Gasteiger charge is -2.10. The Balaban J connectivity index is 0. The lowest BCUT2D eigenvalue weighted by molar-refractivity contribution is -0.137. The summed E-state index contributed by atoms with van der Waals surface area (Å²) in [4.78, 5) is 10.1. The predicted molar refractivity (Wildman–Crippen MR) is 47.3 cm³/mol. The van der Waals surface area contributed by atoms with E-state index in [-0.39, 0.29) is 18.8 Å². The Morgan fingerprint density at radius 3 is 2.45 bits per heavy atom. The SMILES string of the molecule is CCC(CCC(=O)O)NC.Cl. The van der Waals surface area contributed by atoms with Crippen molar-refractivity contribution in [3.8, 4) is 0 Å². The number of rotatable bonds is 5. The molecule has 2 N–H and O–H groups in total. The normalized spacial score (nSPS) is 11.8. The van der Waals surface area contributed by atoms with E-state index in [1.54, 1.807) is 0 Å². The minimum Gasteiger partial charge on any atom is -0.481 e. The highest BCUT2D eigenvalue weighted by Crippen LogP contribution is 1.99. The van der Waals surface area contributed by atoms with Crippen LogP contribution in [0.2, 0.25) is 0 Å². The van der Waals surface area contributed by atoms with Crippen molar-refractivity contribution >= 4 is 18.4 Å². The van der Waals surface area contributed by atoms with Crippen LogP contribution in [0.15, 0.2) is 0 Å². The zero-order valence-corrected chi connectivity index (χ0v) is 7.78. The van der Waals surface area contributed by atoms with Crippen molar-refractivity contribution in [2.24, 2.45) is 0 Å². The van der Waals surface area contributed by atoms with E-state index >= 15 is 0 Å². The summed E-state index contributed by atoms with van der Waals surface area (Å²) in [5.41, 5.74) is 0. The van der Waals surface area contributed by atoms with Gasteiger partial charge in [0.15, 0.2) is 0 Å². The molecule has 0 heterocycles. The number of nitrogens with one attached hydrogen (secondary N) is 1. The second kappa shape index (κ2) is 7.82. The molecule has 0 aliphatic rings. The Kier molecular flexibility index (Phi) is 9.47. The fraction of sp³-hybridized carbons (Fsp3) is 0.857. The Labute approximate surface area is 73.6 Å². The quantitative estimate of drug-likeness (QED) is 0.672. The molecule has 1 atom stereocenters. The largest absolute Gasteiger partial charge is 0.481 e. The molecule has 0 spiro atoms. The first-order valence-corrected chi connectivity index (χ1v) is 3.59. The van der Waals surface area contributed by atoms with E-state index in [1.165, 1.54) is 0 Å². The van der Waals surface area contributed by atoms with Crippen LogP contribution in [0.4, 0.5) is 0 Å². The maximum absolute atomic E-state index is 10.1. The van der Waals surface area contributed by atoms with Crippen LogP contribution in [0.3, 0.4) is 0 Å². The molecule has 11 heavy (non-hydrogen) atoms. The first-order valence-electron chi connectivity index (χ1n) is 3.59. The van der Waals surface area contributed by atoms with Crippen molar-refractivity contribution in [2.45, 2.75) is 32.2 Å². The van der Waals surface area contributed by atoms with Gasteiger partial charge in [-0.1, -0.05) is 6.92 Å². The molecule has 0 aromatic carbocycles. The van der Waals surface area contributed by atoms with Crippen LogP contribution < -0.4 is 5.32 Å². The monoisotopic (exact) mass is 181 g/mol. The van der Waals surface area contributed by atoms with Crippen molar-refractivity contribution in [1.82, 2.24) is 5.32 Å². The van der Waals surface area contributed by atoms with Crippen LogP contribution in [-0.2, 0) is 4.79 Å². The van der Waals surface area contributed by atoms with Gasteiger partial charge in [-0.2, -0.15) is 0 Å². The fourth-order valence-corrected chi connectivity index (χ4v) is 0.850. The Morgan fingerprint density at radius 1 is 1.64 bits per heavy atom. The summed E-state index contributed by atoms with van der Waals surface area (Å²) in [7, 11) is 1.86. The summed E-state index contributed by atoms with van der Waals surface area (Å²) in [6.45, 7) is 2.04. The van der Waals surface area contributed by atoms with Crippen LogP contribution in [0.1, 0.15) is 26.2 Å². The topological polar surface area (TPSA) is 49.3 Å². The highest BCUT2D eigenvalue weighted by molar-refractivity contribution is 5.85. The molecule has 0 aliphatic carbocycles. The lowest BCUT2D eigenvalue weighted by Crippen LogP contribution is -2.24. The van der Waals surface area contributed by atoms with E-state index in [0.717, 1.165) is 12.8 Å². The van der Waals surface area contributed by atoms with Gasteiger partial charge >= 0.3 is 5.97 Å². The van der Waals surface area contributed by atoms with E-state index in [9.17, 15) is 4.79 Å². The zero-order valence-electron chi connectivity index (χ0n) is 6.96. The molecule has 0 rings (SSSR count). The average molecular weight is 182 g/mol. The molecule has 0 bridgehead atoms. The molecule has 0 radical (unpaired) electrons. The predicted octanol–water partition coefficient (Wildman–Crippen LogP) is 1.27. The molecule has 0 aliphatic heterocycles. The van der Waals surface area contributed by atoms with Crippen LogP contribution >= 0.6 is 12.4 Å². The third kappa shape index (κ3) is 7.62. The second-order valence-electron chi connectivity index (χ2n) is 2.33. The van der Waals surface area contributed by atoms with Gasteiger partial charge in [-0.15, -0.1) is 12.4 Å². The Morgan fingerprint density at radius 2 is 2.18 bits per heavy atom. The van der Waals surface area contributed by atoms with Gasteiger partial charge in [-0.3, -0.25) is 4.79 Å². The standard InChI is InChI=1S/C7H15NO2.ClH/c1-3-6(8-2)4-5-7(9)10;/h6,8H,3-5H2,1-2H3,(H,9,10);1H. The smallest absolute Gasteiger partial charge is 0.303 e. The minimum atomic E-state index is -0.714. The van der Waals surface area contributed by atoms with Gasteiger partial charge in [0, 0.05) is 12.5 Å². The number of hydrogen-bond acceptors (Lipinski definition) is 2. The molecular formula is C7H16ClNO2. The number of halogens is 1. The summed E-state index contributed by atoms with van der Waals surface area (Å²) >= 11 is 0. The van der Waals surface area contributed by atoms with Crippen molar-refractivity contribution in [3.63, 3.8) is 0 Å². The van der Waals surface area contributed by atoms with E-state index in [1.807, 2.05) is 14.0 Å². The van der Waals surface area contributed by atoms with Gasteiger partial charge in [0.2, 0.25) is 0 Å². The van der Waals surface area contributed by atoms with E-state index in [2.05, 4.69) is 5.32 Å². The molecule has 3 nitrogen and oxygen atoms in total. The number of aliphatic carboxylic acids is 1. The zero-order chi connectivity index (χ0) is 7.98. The third-order valence-electron chi connectivity index (χ3n) is 1.61. The van der Waals surface area contributed by atoms with Crippen LogP contribution in [0.25, 0.3) is 0 Å². The summed E-state index contributed by atoms with van der Waals surface area (Å²) in [5, 5.41) is 11.4. The van der Waals surface area contributed by atoms with Crippen LogP contribution in [0.5, 0.6) is 0 Å². The fourth-order valence-electron chi connectivity index (χ4n) is 0.850. The van der Waals surface area contributed by atoms with E-state index < -0.39 is 5.97 Å². The van der Waals surface area contributed by atoms with Crippen LogP contribution in [-0.4, -0.2) is 24.2 Å². The Hall–Kier alpha value is -0.280. The Bertz CT molecular complexity index is 105. The van der Waals surface area contributed by atoms with Crippen LogP contribution in [0, 0.1) is 0 Å². The molecular weight excluding hydrogens is 166 g/mol. The molecule has 1 unspecified atom stereocenters. The van der Waals surface area contributed by atoms with E-state index in [0.29, 0.717) is 6.04 Å². The molecule has 0 saturated heterocycles. The summed E-state index contributed by atoms with van der Waals surface area (Å²) in [6.07, 6.45) is 1.98. The van der Waals surface area contributed by atoms with Gasteiger partial charge in [0.1, 0.15) is 0 Å². The molecule has 0 saturated carbocycles. The van der Waals surface area contributed by atoms with Gasteiger partial charge in [-0.05, 0) is 19.9 Å². The van der Waals surface area contributed by atoms with Gasteiger partial charge in [0.05, 0.1) is 0 Å². The maximum Gasteiger partial charge on any atom is 0.303 e. The first-order chi connectivity index (χ1) is 4.70. The molecule has 0 fully saturated rings. The number of hydrogen-bond donors (Lipinski definition) is 2. The summed E-state index contributed by atoms with van der Waals surface area (Å²) < 4.78 is 0. The third-order valence-corrected chi connectivity index (χ3v) is 1.61. The van der Waals surface area contributed by atoms with Crippen molar-refractivity contribution in [1.29, 1.82) is 0 Å². The summed E-state index contributed by atoms with van der Waals surface area (Å²) in [6, 6.07) is 0.357. The lowest BCUT2D eigenvalue weighted by atomic mass is 10.1. The first kappa shape index (κ1) is 13.3. The number of carbonyl (C=O) groups is 1. The molecule has 0 aromatic rings. The van der Waals surface area contributed by atoms with Crippen molar-refractivity contribution in [3.05, 3.63) is 0 Å². The van der Waals surface area contributed by atoms with Crippen molar-refractivity contribution in [2.75, 3.05) is 7.05 Å². The highest BCUT2D eigenvalue weighted by atomic mass is 35.5. The number of carboxylic acid groups (broad SMARTS) is 1. The highest BCUT2D eigenvalue weighted by Gasteiger charge is 2.04.